The van der Waals surface area contributed by atoms with Gasteiger partial charge in [0.1, 0.15) is 11.6 Å². The summed E-state index contributed by atoms with van der Waals surface area (Å²) in [6.45, 7) is 5.75. The molecule has 0 bridgehead atoms. The van der Waals surface area contributed by atoms with Crippen LogP contribution in [0.15, 0.2) is 49.1 Å². The number of carbonyl (C=O) groups excluding carboxylic acids is 1. The fourth-order valence-electron chi connectivity index (χ4n) is 2.96. The van der Waals surface area contributed by atoms with Crippen molar-refractivity contribution in [3.8, 4) is 0 Å². The molecule has 0 fully saturated rings. The van der Waals surface area contributed by atoms with Gasteiger partial charge in [-0.2, -0.15) is 0 Å². The van der Waals surface area contributed by atoms with Crippen LogP contribution in [-0.2, 0) is 20.1 Å². The van der Waals surface area contributed by atoms with Gasteiger partial charge in [-0.3, -0.25) is 9.78 Å². The van der Waals surface area contributed by atoms with Gasteiger partial charge in [-0.25, -0.2) is 9.97 Å². The number of amides is 1. The second-order valence-electron chi connectivity index (χ2n) is 6.80. The lowest BCUT2D eigenvalue weighted by molar-refractivity contribution is 0.0747. The summed E-state index contributed by atoms with van der Waals surface area (Å²) in [4.78, 5) is 29.9. The molecule has 0 aliphatic rings. The Hall–Kier alpha value is -3.22. The minimum atomic E-state index is -0.0484. The largest absolute Gasteiger partial charge is 0.354 e. The van der Waals surface area contributed by atoms with Gasteiger partial charge in [0.15, 0.2) is 0 Å². The first-order chi connectivity index (χ1) is 13.5. The normalized spacial score (nSPS) is 10.7. The van der Waals surface area contributed by atoms with Crippen LogP contribution in [-0.4, -0.2) is 43.9 Å². The Bertz CT molecular complexity index is 934. The third kappa shape index (κ3) is 4.36. The lowest BCUT2D eigenvalue weighted by Gasteiger charge is -2.22. The molecule has 1 amide bonds. The molecule has 0 N–H and O–H groups in total. The van der Waals surface area contributed by atoms with E-state index in [0.717, 1.165) is 22.9 Å². The van der Waals surface area contributed by atoms with E-state index in [4.69, 9.17) is 0 Å². The number of pyridine rings is 2. The SMILES string of the molecule is CCN(Cc1nccn1C)C(=O)c1ccc(N(C)Cc2ncccc2C)nc1. The zero-order valence-electron chi connectivity index (χ0n) is 16.8. The third-order valence-corrected chi connectivity index (χ3v) is 4.81. The highest BCUT2D eigenvalue weighted by Gasteiger charge is 2.17. The second-order valence-corrected chi connectivity index (χ2v) is 6.80. The second kappa shape index (κ2) is 8.65. The number of rotatable bonds is 7. The molecule has 0 atom stereocenters. The molecule has 3 aromatic rings. The highest BCUT2D eigenvalue weighted by molar-refractivity contribution is 5.94. The van der Waals surface area contributed by atoms with E-state index in [0.29, 0.717) is 25.2 Å². The first-order valence-electron chi connectivity index (χ1n) is 9.32. The van der Waals surface area contributed by atoms with Gasteiger partial charge in [0.25, 0.3) is 5.91 Å². The van der Waals surface area contributed by atoms with Crippen LogP contribution in [0.5, 0.6) is 0 Å². The number of aryl methyl sites for hydroxylation is 2. The Balaban J connectivity index is 1.69. The van der Waals surface area contributed by atoms with E-state index < -0.39 is 0 Å². The first kappa shape index (κ1) is 19.5. The quantitative estimate of drug-likeness (QED) is 0.632. The molecule has 0 radical (unpaired) electrons. The number of imidazole rings is 1. The van der Waals surface area contributed by atoms with Crippen LogP contribution in [0.4, 0.5) is 5.82 Å². The van der Waals surface area contributed by atoms with Crippen molar-refractivity contribution in [2.45, 2.75) is 26.9 Å². The lowest BCUT2D eigenvalue weighted by Crippen LogP contribution is -2.31. The smallest absolute Gasteiger partial charge is 0.255 e. The number of hydrogen-bond acceptors (Lipinski definition) is 5. The van der Waals surface area contributed by atoms with Gasteiger partial charge in [0.05, 0.1) is 24.3 Å². The van der Waals surface area contributed by atoms with Crippen LogP contribution in [0.3, 0.4) is 0 Å². The van der Waals surface area contributed by atoms with Crippen LogP contribution < -0.4 is 4.90 Å². The van der Waals surface area contributed by atoms with Crippen molar-refractivity contribution >= 4 is 11.7 Å². The van der Waals surface area contributed by atoms with Crippen molar-refractivity contribution < 1.29 is 4.79 Å². The summed E-state index contributed by atoms with van der Waals surface area (Å²) >= 11 is 0. The standard InChI is InChI=1S/C21H26N6O/c1-5-27(15-20-23-11-12-25(20)3)21(28)17-8-9-19(24-13-17)26(4)14-18-16(2)7-6-10-22-18/h6-13H,5,14-15H2,1-4H3. The summed E-state index contributed by atoms with van der Waals surface area (Å²) in [5, 5.41) is 0. The van der Waals surface area contributed by atoms with E-state index in [1.165, 1.54) is 0 Å². The van der Waals surface area contributed by atoms with Gasteiger partial charge in [-0.15, -0.1) is 0 Å². The average Bonchev–Trinajstić information content (AvgIpc) is 3.12. The predicted octanol–water partition coefficient (Wildman–Crippen LogP) is 2.82. The van der Waals surface area contributed by atoms with E-state index in [1.54, 1.807) is 23.5 Å². The number of nitrogens with zero attached hydrogens (tertiary/aromatic N) is 6. The maximum Gasteiger partial charge on any atom is 0.255 e. The molecule has 0 unspecified atom stereocenters. The van der Waals surface area contributed by atoms with E-state index in [-0.39, 0.29) is 5.91 Å². The third-order valence-electron chi connectivity index (χ3n) is 4.81. The van der Waals surface area contributed by atoms with Crippen LogP contribution in [0.2, 0.25) is 0 Å². The van der Waals surface area contributed by atoms with Crippen LogP contribution >= 0.6 is 0 Å². The highest BCUT2D eigenvalue weighted by Crippen LogP contribution is 2.15. The molecule has 146 valence electrons. The number of carbonyl (C=O) groups is 1. The summed E-state index contributed by atoms with van der Waals surface area (Å²) in [5.74, 6) is 1.60. The molecule has 3 heterocycles. The monoisotopic (exact) mass is 378 g/mol. The van der Waals surface area contributed by atoms with Crippen molar-refractivity contribution in [2.75, 3.05) is 18.5 Å². The Kier molecular flexibility index (Phi) is 6.03. The zero-order valence-corrected chi connectivity index (χ0v) is 16.8. The minimum Gasteiger partial charge on any atom is -0.354 e. The van der Waals surface area contributed by atoms with Gasteiger partial charge in [-0.1, -0.05) is 6.07 Å². The minimum absolute atomic E-state index is 0.0484. The van der Waals surface area contributed by atoms with Crippen molar-refractivity contribution in [1.29, 1.82) is 0 Å². The molecule has 0 spiro atoms. The Morgan fingerprint density at radius 3 is 2.54 bits per heavy atom. The Morgan fingerprint density at radius 1 is 1.11 bits per heavy atom. The van der Waals surface area contributed by atoms with Crippen LogP contribution in [0.25, 0.3) is 0 Å². The van der Waals surface area contributed by atoms with Gasteiger partial charge in [0, 0.05) is 45.4 Å². The van der Waals surface area contributed by atoms with Crippen molar-refractivity contribution in [3.63, 3.8) is 0 Å². The predicted molar refractivity (Wildman–Crippen MR) is 109 cm³/mol. The molecule has 0 aliphatic carbocycles. The van der Waals surface area contributed by atoms with Crippen LogP contribution in [0.1, 0.15) is 34.4 Å². The molecule has 0 aliphatic heterocycles. The van der Waals surface area contributed by atoms with E-state index in [2.05, 4.69) is 15.0 Å². The molecule has 0 saturated carbocycles. The van der Waals surface area contributed by atoms with E-state index >= 15 is 0 Å². The lowest BCUT2D eigenvalue weighted by atomic mass is 10.2. The first-order valence-corrected chi connectivity index (χ1v) is 9.32. The summed E-state index contributed by atoms with van der Waals surface area (Å²) in [5.41, 5.74) is 2.73. The Labute approximate surface area is 165 Å². The summed E-state index contributed by atoms with van der Waals surface area (Å²) < 4.78 is 1.92. The molecule has 0 aromatic carbocycles. The molecule has 0 saturated heterocycles. The van der Waals surface area contributed by atoms with Gasteiger partial charge >= 0.3 is 0 Å². The molecular weight excluding hydrogens is 352 g/mol. The molecule has 7 nitrogen and oxygen atoms in total. The molecule has 7 heteroatoms. The highest BCUT2D eigenvalue weighted by atomic mass is 16.2. The summed E-state index contributed by atoms with van der Waals surface area (Å²) in [6.07, 6.45) is 7.05. The van der Waals surface area contributed by atoms with E-state index in [9.17, 15) is 4.79 Å². The maximum absolute atomic E-state index is 12.9. The fourth-order valence-corrected chi connectivity index (χ4v) is 2.96. The molecule has 3 aromatic heterocycles. The number of hydrogen-bond donors (Lipinski definition) is 0. The molecular formula is C21H26N6O. The number of anilines is 1. The molecule has 3 rings (SSSR count). The molecule has 28 heavy (non-hydrogen) atoms. The van der Waals surface area contributed by atoms with Crippen molar-refractivity contribution in [3.05, 3.63) is 71.7 Å². The zero-order chi connectivity index (χ0) is 20.1. The van der Waals surface area contributed by atoms with Gasteiger partial charge in [0.2, 0.25) is 0 Å². The van der Waals surface area contributed by atoms with Crippen LogP contribution in [0, 0.1) is 6.92 Å². The van der Waals surface area contributed by atoms with Gasteiger partial charge in [-0.05, 0) is 37.6 Å². The fraction of sp³-hybridized carbons (Fsp3) is 0.333. The number of aromatic nitrogens is 4. The average molecular weight is 378 g/mol. The van der Waals surface area contributed by atoms with E-state index in [1.807, 2.05) is 67.9 Å². The van der Waals surface area contributed by atoms with Crippen molar-refractivity contribution in [2.24, 2.45) is 7.05 Å². The summed E-state index contributed by atoms with van der Waals surface area (Å²) in [7, 11) is 3.90. The topological polar surface area (TPSA) is 67.2 Å². The van der Waals surface area contributed by atoms with Crippen molar-refractivity contribution in [1.82, 2.24) is 24.4 Å². The van der Waals surface area contributed by atoms with Gasteiger partial charge < -0.3 is 14.4 Å². The summed E-state index contributed by atoms with van der Waals surface area (Å²) in [6, 6.07) is 7.68. The Morgan fingerprint density at radius 2 is 1.93 bits per heavy atom. The maximum atomic E-state index is 12.9.